The number of aromatic nitrogens is 1. The number of esters is 1. The fraction of sp³-hybridized carbons (Fsp3) is 0.300. The average molecular weight is 224 g/mol. The lowest BCUT2D eigenvalue weighted by molar-refractivity contribution is -0.142. The summed E-state index contributed by atoms with van der Waals surface area (Å²) in [6.07, 6.45) is 1.37. The van der Waals surface area contributed by atoms with Crippen molar-refractivity contribution in [2.24, 2.45) is 0 Å². The topological polar surface area (TPSA) is 88.5 Å². The number of rotatable bonds is 3. The molecule has 16 heavy (non-hydrogen) atoms. The number of methoxy groups -OCH3 is 1. The Labute approximate surface area is 92.3 Å². The third kappa shape index (κ3) is 2.69. The highest BCUT2D eigenvalue weighted by atomic mass is 16.5. The summed E-state index contributed by atoms with van der Waals surface area (Å²) >= 11 is 0. The third-order valence-corrected chi connectivity index (χ3v) is 1.90. The van der Waals surface area contributed by atoms with E-state index in [2.05, 4.69) is 15.0 Å². The monoisotopic (exact) mass is 224 g/mol. The Morgan fingerprint density at radius 2 is 2.25 bits per heavy atom. The molecule has 1 rings (SSSR count). The van der Waals surface area contributed by atoms with Crippen LogP contribution in [0.4, 0.5) is 0 Å². The van der Waals surface area contributed by atoms with Crippen LogP contribution in [0.15, 0.2) is 18.3 Å². The number of hydrogen-bond donors (Lipinski definition) is 2. The highest BCUT2D eigenvalue weighted by Crippen LogP contribution is 2.12. The van der Waals surface area contributed by atoms with Crippen molar-refractivity contribution < 1.29 is 19.4 Å². The van der Waals surface area contributed by atoms with Crippen molar-refractivity contribution in [1.29, 1.82) is 0 Å². The van der Waals surface area contributed by atoms with Crippen LogP contribution in [0.5, 0.6) is 5.75 Å². The number of ether oxygens (including phenoxy) is 1. The van der Waals surface area contributed by atoms with E-state index in [1.165, 1.54) is 32.4 Å². The molecule has 0 saturated heterocycles. The molecular weight excluding hydrogens is 212 g/mol. The largest absolute Gasteiger partial charge is 0.505 e. The van der Waals surface area contributed by atoms with Gasteiger partial charge in [-0.1, -0.05) is 0 Å². The third-order valence-electron chi connectivity index (χ3n) is 1.90. The fourth-order valence-corrected chi connectivity index (χ4v) is 1.07. The second-order valence-electron chi connectivity index (χ2n) is 3.09. The first kappa shape index (κ1) is 12.0. The van der Waals surface area contributed by atoms with Gasteiger partial charge in [0.2, 0.25) is 0 Å². The van der Waals surface area contributed by atoms with E-state index in [1.54, 1.807) is 0 Å². The predicted molar refractivity (Wildman–Crippen MR) is 54.8 cm³/mol. The van der Waals surface area contributed by atoms with Crippen LogP contribution in [-0.4, -0.2) is 35.1 Å². The molecule has 1 atom stereocenters. The zero-order valence-electron chi connectivity index (χ0n) is 8.93. The molecule has 6 nitrogen and oxygen atoms in total. The average Bonchev–Trinajstić information content (AvgIpc) is 2.28. The Hall–Kier alpha value is -2.11. The summed E-state index contributed by atoms with van der Waals surface area (Å²) in [5.74, 6) is -1.43. The maximum atomic E-state index is 11.6. The van der Waals surface area contributed by atoms with Crippen molar-refractivity contribution >= 4 is 11.9 Å². The van der Waals surface area contributed by atoms with E-state index in [0.29, 0.717) is 0 Å². The molecule has 0 aliphatic rings. The Kier molecular flexibility index (Phi) is 3.82. The van der Waals surface area contributed by atoms with Gasteiger partial charge in [-0.15, -0.1) is 0 Å². The molecule has 1 aromatic rings. The van der Waals surface area contributed by atoms with Crippen molar-refractivity contribution in [2.45, 2.75) is 13.0 Å². The minimum absolute atomic E-state index is 0.127. The van der Waals surface area contributed by atoms with Crippen molar-refractivity contribution in [2.75, 3.05) is 7.11 Å². The van der Waals surface area contributed by atoms with Gasteiger partial charge in [-0.2, -0.15) is 0 Å². The van der Waals surface area contributed by atoms with Gasteiger partial charge in [0.15, 0.2) is 5.69 Å². The molecule has 1 amide bonds. The molecular formula is C10H12N2O4. The Balaban J connectivity index is 2.73. The Morgan fingerprint density at radius 1 is 1.56 bits per heavy atom. The van der Waals surface area contributed by atoms with Crippen LogP contribution < -0.4 is 5.32 Å². The highest BCUT2D eigenvalue weighted by Gasteiger charge is 2.19. The zero-order valence-corrected chi connectivity index (χ0v) is 8.93. The number of nitrogens with zero attached hydrogens (tertiary/aromatic N) is 1. The van der Waals surface area contributed by atoms with E-state index < -0.39 is 17.9 Å². The zero-order chi connectivity index (χ0) is 12.1. The van der Waals surface area contributed by atoms with Crippen molar-refractivity contribution in [3.05, 3.63) is 24.0 Å². The first-order chi connectivity index (χ1) is 7.56. The maximum absolute atomic E-state index is 11.6. The Morgan fingerprint density at radius 3 is 2.81 bits per heavy atom. The normalized spacial score (nSPS) is 11.6. The molecule has 1 heterocycles. The molecule has 86 valence electrons. The molecule has 0 bridgehead atoms. The molecule has 0 fully saturated rings. The minimum Gasteiger partial charge on any atom is -0.505 e. The van der Waals surface area contributed by atoms with Crippen LogP contribution in [0.25, 0.3) is 0 Å². The van der Waals surface area contributed by atoms with Gasteiger partial charge in [0.05, 0.1) is 7.11 Å². The number of amides is 1. The standard InChI is InChI=1S/C10H12N2O4/c1-6(10(15)16-2)12-9(14)8-7(13)4-3-5-11-8/h3-6,13H,1-2H3,(H,12,14). The molecule has 0 spiro atoms. The Bertz CT molecular complexity index is 406. The number of hydrogen-bond acceptors (Lipinski definition) is 5. The van der Waals surface area contributed by atoms with E-state index in [-0.39, 0.29) is 11.4 Å². The van der Waals surface area contributed by atoms with Gasteiger partial charge in [-0.3, -0.25) is 4.79 Å². The van der Waals surface area contributed by atoms with Crippen LogP contribution in [0.3, 0.4) is 0 Å². The lowest BCUT2D eigenvalue weighted by atomic mass is 10.2. The van der Waals surface area contributed by atoms with Gasteiger partial charge in [0.25, 0.3) is 5.91 Å². The number of nitrogens with one attached hydrogen (secondary N) is 1. The fourth-order valence-electron chi connectivity index (χ4n) is 1.07. The lowest BCUT2D eigenvalue weighted by Gasteiger charge is -2.11. The summed E-state index contributed by atoms with van der Waals surface area (Å²) < 4.78 is 4.44. The molecule has 0 aliphatic heterocycles. The highest BCUT2D eigenvalue weighted by molar-refractivity contribution is 5.97. The SMILES string of the molecule is COC(=O)C(C)NC(=O)c1ncccc1O. The van der Waals surface area contributed by atoms with E-state index in [9.17, 15) is 14.7 Å². The van der Waals surface area contributed by atoms with E-state index in [1.807, 2.05) is 0 Å². The molecule has 1 unspecified atom stereocenters. The van der Waals surface area contributed by atoms with Gasteiger partial charge in [-0.05, 0) is 19.1 Å². The summed E-state index contributed by atoms with van der Waals surface area (Å²) in [6, 6.07) is 2.04. The summed E-state index contributed by atoms with van der Waals surface area (Å²) in [5.41, 5.74) is -0.127. The molecule has 0 radical (unpaired) electrons. The number of pyridine rings is 1. The second-order valence-corrected chi connectivity index (χ2v) is 3.09. The van der Waals surface area contributed by atoms with Gasteiger partial charge >= 0.3 is 5.97 Å². The molecule has 0 aliphatic carbocycles. The van der Waals surface area contributed by atoms with Crippen LogP contribution in [0.2, 0.25) is 0 Å². The van der Waals surface area contributed by atoms with Gasteiger partial charge in [0, 0.05) is 6.20 Å². The van der Waals surface area contributed by atoms with Gasteiger partial charge in [0.1, 0.15) is 11.8 Å². The predicted octanol–water partition coefficient (Wildman–Crippen LogP) is 0.0785. The summed E-state index contributed by atoms with van der Waals surface area (Å²) in [7, 11) is 1.23. The van der Waals surface area contributed by atoms with E-state index in [4.69, 9.17) is 0 Å². The number of aromatic hydroxyl groups is 1. The first-order valence-corrected chi connectivity index (χ1v) is 4.59. The summed E-state index contributed by atoms with van der Waals surface area (Å²) in [4.78, 5) is 26.3. The van der Waals surface area contributed by atoms with Gasteiger partial charge in [-0.25, -0.2) is 9.78 Å². The second kappa shape index (κ2) is 5.11. The number of carbonyl (C=O) groups is 2. The lowest BCUT2D eigenvalue weighted by Crippen LogP contribution is -2.39. The number of carbonyl (C=O) groups excluding carboxylic acids is 2. The minimum atomic E-state index is -0.793. The van der Waals surface area contributed by atoms with Crippen molar-refractivity contribution in [1.82, 2.24) is 10.3 Å². The molecule has 2 N–H and O–H groups in total. The smallest absolute Gasteiger partial charge is 0.328 e. The van der Waals surface area contributed by atoms with Crippen LogP contribution >= 0.6 is 0 Å². The van der Waals surface area contributed by atoms with E-state index in [0.717, 1.165) is 0 Å². The van der Waals surface area contributed by atoms with Crippen molar-refractivity contribution in [3.63, 3.8) is 0 Å². The molecule has 1 aromatic heterocycles. The molecule has 0 aromatic carbocycles. The van der Waals surface area contributed by atoms with Crippen LogP contribution in [-0.2, 0) is 9.53 Å². The summed E-state index contributed by atoms with van der Waals surface area (Å²) in [6.45, 7) is 1.48. The quantitative estimate of drug-likeness (QED) is 0.710. The van der Waals surface area contributed by atoms with Crippen LogP contribution in [0.1, 0.15) is 17.4 Å². The van der Waals surface area contributed by atoms with Gasteiger partial charge < -0.3 is 15.2 Å². The van der Waals surface area contributed by atoms with Crippen LogP contribution in [0, 0.1) is 0 Å². The molecule has 0 saturated carbocycles. The summed E-state index contributed by atoms with van der Waals surface area (Å²) in [5, 5.41) is 11.7. The maximum Gasteiger partial charge on any atom is 0.328 e. The molecule has 6 heteroatoms. The van der Waals surface area contributed by atoms with Crippen molar-refractivity contribution in [3.8, 4) is 5.75 Å². The first-order valence-electron chi connectivity index (χ1n) is 4.59. The van der Waals surface area contributed by atoms with E-state index >= 15 is 0 Å².